The zero-order chi connectivity index (χ0) is 6.97. The van der Waals surface area contributed by atoms with E-state index in [4.69, 9.17) is 5.73 Å². The first kappa shape index (κ1) is 5.16. The lowest BCUT2D eigenvalue weighted by atomic mass is 10.4. The molecule has 0 atom stereocenters. The summed E-state index contributed by atoms with van der Waals surface area (Å²) in [6, 6.07) is 3.45. The number of anilines is 1. The van der Waals surface area contributed by atoms with Crippen LogP contribution in [-0.4, -0.2) is 20.4 Å². The number of pyridine rings is 1. The summed E-state index contributed by atoms with van der Waals surface area (Å²) in [5, 5.41) is 10.0. The van der Waals surface area contributed by atoms with Gasteiger partial charge in [0.2, 0.25) is 5.65 Å². The Morgan fingerprint density at radius 3 is 3.10 bits per heavy atom. The molecule has 2 rings (SSSR count). The maximum Gasteiger partial charge on any atom is 0.203 e. The first-order chi connectivity index (χ1) is 4.86. The first-order valence-electron chi connectivity index (χ1n) is 2.79. The largest absolute Gasteiger partial charge is 0.384 e. The topological polar surface area (TPSA) is 80.5 Å². The molecule has 0 saturated carbocycles. The maximum atomic E-state index is 5.39. The summed E-state index contributed by atoms with van der Waals surface area (Å²) in [6.45, 7) is 0. The number of hydrogen-bond donors (Lipinski definition) is 2. The van der Waals surface area contributed by atoms with Gasteiger partial charge in [-0.2, -0.15) is 10.3 Å². The fourth-order valence-corrected chi connectivity index (χ4v) is 0.751. The highest BCUT2D eigenvalue weighted by Crippen LogP contribution is 2.05. The molecule has 3 N–H and O–H groups in total. The molecule has 0 aliphatic carbocycles. The van der Waals surface area contributed by atoms with E-state index in [0.717, 1.165) is 5.52 Å². The van der Waals surface area contributed by atoms with E-state index in [1.165, 1.54) is 0 Å². The average Bonchev–Trinajstić information content (AvgIpc) is 2.33. The van der Waals surface area contributed by atoms with Crippen LogP contribution in [0.4, 0.5) is 5.82 Å². The van der Waals surface area contributed by atoms with Crippen LogP contribution in [0, 0.1) is 0 Å². The number of H-pyrrole nitrogens is 1. The van der Waals surface area contributed by atoms with Gasteiger partial charge in [-0.15, -0.1) is 5.10 Å². The first-order valence-corrected chi connectivity index (χ1v) is 2.79. The molecule has 2 aromatic heterocycles. The molecular formula is C5H5N5. The minimum atomic E-state index is 0.460. The summed E-state index contributed by atoms with van der Waals surface area (Å²) in [6.07, 6.45) is 0. The van der Waals surface area contributed by atoms with E-state index < -0.39 is 0 Å². The monoisotopic (exact) mass is 135 g/mol. The number of nitrogens with one attached hydrogen (secondary N) is 1. The Bertz CT molecular complexity index is 352. The number of aromatic nitrogens is 4. The molecule has 0 aliphatic heterocycles. The molecule has 0 amide bonds. The van der Waals surface area contributed by atoms with E-state index in [9.17, 15) is 0 Å². The third kappa shape index (κ3) is 0.604. The molecule has 0 unspecified atom stereocenters. The second-order valence-corrected chi connectivity index (χ2v) is 1.90. The lowest BCUT2D eigenvalue weighted by Gasteiger charge is -1.86. The normalized spacial score (nSPS) is 10.4. The van der Waals surface area contributed by atoms with E-state index in [0.29, 0.717) is 11.5 Å². The Labute approximate surface area is 56.3 Å². The Balaban J connectivity index is 2.86. The van der Waals surface area contributed by atoms with Crippen molar-refractivity contribution in [3.05, 3.63) is 12.1 Å². The molecular weight excluding hydrogens is 130 g/mol. The fourth-order valence-electron chi connectivity index (χ4n) is 0.751. The van der Waals surface area contributed by atoms with Crippen LogP contribution < -0.4 is 5.73 Å². The molecule has 0 fully saturated rings. The van der Waals surface area contributed by atoms with Crippen LogP contribution in [0.3, 0.4) is 0 Å². The van der Waals surface area contributed by atoms with Crippen LogP contribution in [0.1, 0.15) is 0 Å². The molecule has 5 heteroatoms. The highest BCUT2D eigenvalue weighted by molar-refractivity contribution is 5.70. The quantitative estimate of drug-likeness (QED) is 0.530. The number of aromatic amines is 1. The van der Waals surface area contributed by atoms with Crippen molar-refractivity contribution in [2.45, 2.75) is 0 Å². The molecule has 0 radical (unpaired) electrons. The van der Waals surface area contributed by atoms with E-state index >= 15 is 0 Å². The smallest absolute Gasteiger partial charge is 0.203 e. The highest BCUT2D eigenvalue weighted by atomic mass is 15.3. The van der Waals surface area contributed by atoms with Gasteiger partial charge in [0.15, 0.2) is 0 Å². The van der Waals surface area contributed by atoms with Crippen molar-refractivity contribution < 1.29 is 0 Å². The Kier molecular flexibility index (Phi) is 0.858. The lowest BCUT2D eigenvalue weighted by molar-refractivity contribution is 0.955. The van der Waals surface area contributed by atoms with Gasteiger partial charge < -0.3 is 5.73 Å². The van der Waals surface area contributed by atoms with Gasteiger partial charge in [0.05, 0.1) is 0 Å². The number of fused-ring (bicyclic) bond motifs is 1. The molecule has 0 aliphatic rings. The van der Waals surface area contributed by atoms with Gasteiger partial charge in [0, 0.05) is 0 Å². The fraction of sp³-hybridized carbons (Fsp3) is 0. The average molecular weight is 135 g/mol. The van der Waals surface area contributed by atoms with Crippen molar-refractivity contribution >= 4 is 17.0 Å². The van der Waals surface area contributed by atoms with Crippen LogP contribution in [0.2, 0.25) is 0 Å². The Morgan fingerprint density at radius 2 is 2.20 bits per heavy atom. The summed E-state index contributed by atoms with van der Waals surface area (Å²) in [7, 11) is 0. The van der Waals surface area contributed by atoms with Crippen LogP contribution >= 0.6 is 0 Å². The summed E-state index contributed by atoms with van der Waals surface area (Å²) in [5.74, 6) is 0.460. The SMILES string of the molecule is Nc1ccc2n[nH]nc2n1. The van der Waals surface area contributed by atoms with Crippen molar-refractivity contribution in [2.24, 2.45) is 0 Å². The summed E-state index contributed by atoms with van der Waals surface area (Å²) >= 11 is 0. The van der Waals surface area contributed by atoms with Crippen LogP contribution in [0.5, 0.6) is 0 Å². The van der Waals surface area contributed by atoms with E-state index in [2.05, 4.69) is 20.4 Å². The van der Waals surface area contributed by atoms with Gasteiger partial charge in [-0.25, -0.2) is 4.98 Å². The molecule has 5 nitrogen and oxygen atoms in total. The molecule has 0 saturated heterocycles. The van der Waals surface area contributed by atoms with Gasteiger partial charge in [-0.3, -0.25) is 0 Å². The number of nitrogens with two attached hydrogens (primary N) is 1. The summed E-state index contributed by atoms with van der Waals surface area (Å²) in [5.41, 5.74) is 6.68. The molecule has 0 aromatic carbocycles. The van der Waals surface area contributed by atoms with E-state index in [1.54, 1.807) is 12.1 Å². The van der Waals surface area contributed by atoms with Crippen LogP contribution in [-0.2, 0) is 0 Å². The third-order valence-electron chi connectivity index (χ3n) is 1.20. The van der Waals surface area contributed by atoms with Gasteiger partial charge in [-0.05, 0) is 12.1 Å². The predicted octanol–water partition coefficient (Wildman–Crippen LogP) is -0.0649. The summed E-state index contributed by atoms with van der Waals surface area (Å²) in [4.78, 5) is 3.91. The number of rotatable bonds is 0. The van der Waals surface area contributed by atoms with Gasteiger partial charge >= 0.3 is 0 Å². The summed E-state index contributed by atoms with van der Waals surface area (Å²) < 4.78 is 0. The predicted molar refractivity (Wildman–Crippen MR) is 36.1 cm³/mol. The van der Waals surface area contributed by atoms with Gasteiger partial charge in [0.1, 0.15) is 11.3 Å². The number of nitrogens with zero attached hydrogens (tertiary/aromatic N) is 3. The van der Waals surface area contributed by atoms with Crippen molar-refractivity contribution in [3.8, 4) is 0 Å². The second kappa shape index (κ2) is 1.66. The zero-order valence-corrected chi connectivity index (χ0v) is 5.07. The lowest BCUT2D eigenvalue weighted by Crippen LogP contribution is -1.88. The highest BCUT2D eigenvalue weighted by Gasteiger charge is 1.96. The molecule has 2 heterocycles. The van der Waals surface area contributed by atoms with E-state index in [1.807, 2.05) is 0 Å². The van der Waals surface area contributed by atoms with Crippen molar-refractivity contribution in [1.82, 2.24) is 20.4 Å². The number of hydrogen-bond acceptors (Lipinski definition) is 4. The third-order valence-corrected chi connectivity index (χ3v) is 1.20. The van der Waals surface area contributed by atoms with E-state index in [-0.39, 0.29) is 0 Å². The molecule has 0 spiro atoms. The van der Waals surface area contributed by atoms with Gasteiger partial charge in [0.25, 0.3) is 0 Å². The van der Waals surface area contributed by atoms with Crippen molar-refractivity contribution in [2.75, 3.05) is 5.73 Å². The zero-order valence-electron chi connectivity index (χ0n) is 5.07. The maximum absolute atomic E-state index is 5.39. The number of nitrogen functional groups attached to an aromatic ring is 1. The van der Waals surface area contributed by atoms with Crippen LogP contribution in [0.15, 0.2) is 12.1 Å². The molecule has 10 heavy (non-hydrogen) atoms. The molecule has 2 aromatic rings. The van der Waals surface area contributed by atoms with Crippen molar-refractivity contribution in [3.63, 3.8) is 0 Å². The second-order valence-electron chi connectivity index (χ2n) is 1.90. The minimum absolute atomic E-state index is 0.460. The molecule has 50 valence electrons. The Morgan fingerprint density at radius 1 is 1.30 bits per heavy atom. The molecule has 0 bridgehead atoms. The minimum Gasteiger partial charge on any atom is -0.384 e. The van der Waals surface area contributed by atoms with Gasteiger partial charge in [-0.1, -0.05) is 0 Å². The Hall–Kier alpha value is -1.65. The van der Waals surface area contributed by atoms with Crippen molar-refractivity contribution in [1.29, 1.82) is 0 Å². The van der Waals surface area contributed by atoms with Crippen LogP contribution in [0.25, 0.3) is 11.2 Å². The standard InChI is InChI=1S/C5H5N5/c6-4-2-1-3-5(7-4)9-10-8-3/h1-2H,(H3,6,7,8,9,10).